The Bertz CT molecular complexity index is 196. The van der Waals surface area contributed by atoms with Crippen molar-refractivity contribution in [1.29, 1.82) is 0 Å². The van der Waals surface area contributed by atoms with E-state index in [2.05, 4.69) is 29.8 Å². The Balaban J connectivity index is 2.18. The molecule has 1 fully saturated rings. The quantitative estimate of drug-likeness (QED) is 0.548. The number of hydrogen-bond donors (Lipinski definition) is 0. The molecule has 0 spiro atoms. The summed E-state index contributed by atoms with van der Waals surface area (Å²) >= 11 is 3.70. The van der Waals surface area contributed by atoms with Gasteiger partial charge in [-0.1, -0.05) is 29.8 Å². The van der Waals surface area contributed by atoms with E-state index in [9.17, 15) is 0 Å². The Labute approximate surface area is 102 Å². The van der Waals surface area contributed by atoms with Gasteiger partial charge in [-0.05, 0) is 26.7 Å². The molecule has 3 atom stereocenters. The summed E-state index contributed by atoms with van der Waals surface area (Å²) in [6.45, 7) is 10.1. The number of rotatable bonds is 6. The van der Waals surface area contributed by atoms with Crippen LogP contribution in [0.4, 0.5) is 0 Å². The SMILES string of the molecule is CCC1(C)C(Br)CC1OCCOC(C)C. The lowest BCUT2D eigenvalue weighted by molar-refractivity contribution is -0.111. The molecular formula is C12H23BrO2. The lowest BCUT2D eigenvalue weighted by Gasteiger charge is -2.51. The minimum atomic E-state index is 0.302. The fraction of sp³-hybridized carbons (Fsp3) is 1.00. The first-order valence-corrected chi connectivity index (χ1v) is 6.79. The van der Waals surface area contributed by atoms with Crippen LogP contribution in [-0.2, 0) is 9.47 Å². The van der Waals surface area contributed by atoms with Crippen molar-refractivity contribution in [2.45, 2.75) is 57.6 Å². The zero-order valence-corrected chi connectivity index (χ0v) is 11.8. The second-order valence-electron chi connectivity index (χ2n) is 4.84. The average Bonchev–Trinajstić information content (AvgIpc) is 2.20. The molecule has 1 aliphatic rings. The van der Waals surface area contributed by atoms with Crippen molar-refractivity contribution in [3.63, 3.8) is 0 Å². The van der Waals surface area contributed by atoms with Crippen LogP contribution >= 0.6 is 15.9 Å². The van der Waals surface area contributed by atoms with Crippen LogP contribution in [0.25, 0.3) is 0 Å². The molecule has 1 saturated carbocycles. The van der Waals surface area contributed by atoms with Gasteiger partial charge in [0.05, 0.1) is 25.4 Å². The molecule has 3 unspecified atom stereocenters. The second kappa shape index (κ2) is 5.65. The highest BCUT2D eigenvalue weighted by molar-refractivity contribution is 9.09. The molecule has 2 nitrogen and oxygen atoms in total. The summed E-state index contributed by atoms with van der Waals surface area (Å²) in [7, 11) is 0. The third-order valence-corrected chi connectivity index (χ3v) is 4.91. The third kappa shape index (κ3) is 3.18. The van der Waals surface area contributed by atoms with E-state index in [1.54, 1.807) is 0 Å². The summed E-state index contributed by atoms with van der Waals surface area (Å²) in [4.78, 5) is 0.617. The molecule has 0 heterocycles. The minimum Gasteiger partial charge on any atom is -0.376 e. The fourth-order valence-electron chi connectivity index (χ4n) is 1.95. The van der Waals surface area contributed by atoms with Crippen molar-refractivity contribution in [2.24, 2.45) is 5.41 Å². The van der Waals surface area contributed by atoms with Crippen molar-refractivity contribution < 1.29 is 9.47 Å². The first-order valence-electron chi connectivity index (χ1n) is 5.88. The Hall–Kier alpha value is 0.400. The highest BCUT2D eigenvalue weighted by Crippen LogP contribution is 2.49. The van der Waals surface area contributed by atoms with Crippen LogP contribution in [-0.4, -0.2) is 30.2 Å². The molecule has 0 amide bonds. The van der Waals surface area contributed by atoms with Crippen molar-refractivity contribution >= 4 is 15.9 Å². The average molecular weight is 279 g/mol. The van der Waals surface area contributed by atoms with E-state index in [0.717, 1.165) is 13.0 Å². The zero-order chi connectivity index (χ0) is 11.5. The first-order chi connectivity index (χ1) is 7.00. The normalized spacial score (nSPS) is 35.6. The molecule has 0 N–H and O–H groups in total. The lowest BCUT2D eigenvalue weighted by atomic mass is 9.66. The van der Waals surface area contributed by atoms with Crippen molar-refractivity contribution in [1.82, 2.24) is 0 Å². The molecule has 15 heavy (non-hydrogen) atoms. The summed E-state index contributed by atoms with van der Waals surface area (Å²) in [6.07, 6.45) is 3.00. The molecule has 0 aromatic carbocycles. The fourth-order valence-corrected chi connectivity index (χ4v) is 2.91. The maximum atomic E-state index is 5.85. The standard InChI is InChI=1S/C12H23BrO2/c1-5-12(4)10(13)8-11(12)15-7-6-14-9(2)3/h9-11H,5-8H2,1-4H3. The highest BCUT2D eigenvalue weighted by atomic mass is 79.9. The third-order valence-electron chi connectivity index (χ3n) is 3.49. The highest BCUT2D eigenvalue weighted by Gasteiger charge is 2.49. The monoisotopic (exact) mass is 278 g/mol. The second-order valence-corrected chi connectivity index (χ2v) is 5.95. The van der Waals surface area contributed by atoms with E-state index in [1.807, 2.05) is 13.8 Å². The summed E-state index contributed by atoms with van der Waals surface area (Å²) < 4.78 is 11.3. The van der Waals surface area contributed by atoms with Crippen molar-refractivity contribution in [3.8, 4) is 0 Å². The van der Waals surface area contributed by atoms with E-state index in [-0.39, 0.29) is 0 Å². The van der Waals surface area contributed by atoms with Gasteiger partial charge < -0.3 is 9.47 Å². The van der Waals surface area contributed by atoms with Crippen molar-refractivity contribution in [3.05, 3.63) is 0 Å². The predicted molar refractivity (Wildman–Crippen MR) is 66.6 cm³/mol. The number of alkyl halides is 1. The summed E-state index contributed by atoms with van der Waals surface area (Å²) in [5.41, 5.74) is 0.317. The van der Waals surface area contributed by atoms with Gasteiger partial charge >= 0.3 is 0 Å². The van der Waals surface area contributed by atoms with E-state index < -0.39 is 0 Å². The molecule has 0 aliphatic heterocycles. The summed E-state index contributed by atoms with van der Waals surface area (Å²) in [6, 6.07) is 0. The van der Waals surface area contributed by atoms with E-state index >= 15 is 0 Å². The topological polar surface area (TPSA) is 18.5 Å². The van der Waals surface area contributed by atoms with Crippen LogP contribution in [0.3, 0.4) is 0 Å². The Morgan fingerprint density at radius 2 is 2.07 bits per heavy atom. The van der Waals surface area contributed by atoms with Gasteiger partial charge in [0.15, 0.2) is 0 Å². The van der Waals surface area contributed by atoms with Crippen LogP contribution in [0, 0.1) is 5.41 Å². The maximum Gasteiger partial charge on any atom is 0.0704 e. The van der Waals surface area contributed by atoms with Gasteiger partial charge in [-0.3, -0.25) is 0 Å². The molecule has 90 valence electrons. The van der Waals surface area contributed by atoms with Crippen LogP contribution < -0.4 is 0 Å². The largest absolute Gasteiger partial charge is 0.376 e. The van der Waals surface area contributed by atoms with Gasteiger partial charge in [-0.25, -0.2) is 0 Å². The van der Waals surface area contributed by atoms with Crippen LogP contribution in [0.1, 0.15) is 40.5 Å². The van der Waals surface area contributed by atoms with Gasteiger partial charge in [0.1, 0.15) is 0 Å². The molecule has 0 bridgehead atoms. The maximum absolute atomic E-state index is 5.85. The van der Waals surface area contributed by atoms with E-state index in [1.165, 1.54) is 6.42 Å². The smallest absolute Gasteiger partial charge is 0.0704 e. The van der Waals surface area contributed by atoms with Gasteiger partial charge in [-0.15, -0.1) is 0 Å². The molecule has 0 aromatic rings. The summed E-state index contributed by atoms with van der Waals surface area (Å²) in [5, 5.41) is 0. The number of ether oxygens (including phenoxy) is 2. The molecule has 1 rings (SSSR count). The summed E-state index contributed by atoms with van der Waals surface area (Å²) in [5.74, 6) is 0. The van der Waals surface area contributed by atoms with E-state index in [4.69, 9.17) is 9.47 Å². The van der Waals surface area contributed by atoms with Crippen LogP contribution in [0.5, 0.6) is 0 Å². The minimum absolute atomic E-state index is 0.302. The van der Waals surface area contributed by atoms with Crippen LogP contribution in [0.15, 0.2) is 0 Å². The lowest BCUT2D eigenvalue weighted by Crippen LogP contribution is -2.53. The molecule has 1 aliphatic carbocycles. The molecule has 3 heteroatoms. The van der Waals surface area contributed by atoms with Gasteiger partial charge in [0.25, 0.3) is 0 Å². The molecular weight excluding hydrogens is 256 g/mol. The van der Waals surface area contributed by atoms with Crippen molar-refractivity contribution in [2.75, 3.05) is 13.2 Å². The number of halogens is 1. The Kier molecular flexibility index (Phi) is 5.07. The molecule has 0 radical (unpaired) electrons. The molecule has 0 saturated heterocycles. The predicted octanol–water partition coefficient (Wildman–Crippen LogP) is 3.38. The number of hydrogen-bond acceptors (Lipinski definition) is 2. The zero-order valence-electron chi connectivity index (χ0n) is 10.3. The van der Waals surface area contributed by atoms with E-state index in [0.29, 0.717) is 29.1 Å². The van der Waals surface area contributed by atoms with Gasteiger partial charge in [0, 0.05) is 10.2 Å². The van der Waals surface area contributed by atoms with Gasteiger partial charge in [-0.2, -0.15) is 0 Å². The molecule has 0 aromatic heterocycles. The Morgan fingerprint density at radius 3 is 2.53 bits per heavy atom. The van der Waals surface area contributed by atoms with Gasteiger partial charge in [0.2, 0.25) is 0 Å². The van der Waals surface area contributed by atoms with Crippen LogP contribution in [0.2, 0.25) is 0 Å². The first kappa shape index (κ1) is 13.5. The Morgan fingerprint density at radius 1 is 1.40 bits per heavy atom.